The predicted molar refractivity (Wildman–Crippen MR) is 144 cm³/mol. The summed E-state index contributed by atoms with van der Waals surface area (Å²) in [6, 6.07) is 19.9. The minimum absolute atomic E-state index is 0.0711. The molecule has 0 atom stereocenters. The molecule has 8 heteroatoms. The molecule has 4 rings (SSSR count). The fourth-order valence-corrected chi connectivity index (χ4v) is 5.54. The SMILES string of the molecule is CCCc1ccc(NS(=O)(=O)c2ccc(C)c(C(=O)N3CCN(c4ccccc4OC)CC3)c2)cc1. The van der Waals surface area contributed by atoms with Crippen molar-refractivity contribution in [2.45, 2.75) is 31.6 Å². The van der Waals surface area contributed by atoms with E-state index in [4.69, 9.17) is 4.74 Å². The van der Waals surface area contributed by atoms with E-state index in [0.29, 0.717) is 37.4 Å². The van der Waals surface area contributed by atoms with Crippen LogP contribution < -0.4 is 14.4 Å². The van der Waals surface area contributed by atoms with Crippen molar-refractivity contribution in [2.75, 3.05) is 42.9 Å². The first-order valence-corrected chi connectivity index (χ1v) is 13.7. The van der Waals surface area contributed by atoms with E-state index < -0.39 is 10.0 Å². The number of benzene rings is 3. The van der Waals surface area contributed by atoms with Gasteiger partial charge in [0.05, 0.1) is 17.7 Å². The molecule has 1 heterocycles. The van der Waals surface area contributed by atoms with Crippen LogP contribution in [0, 0.1) is 6.92 Å². The molecule has 7 nitrogen and oxygen atoms in total. The van der Waals surface area contributed by atoms with Crippen molar-refractivity contribution in [1.82, 2.24) is 4.90 Å². The zero-order valence-electron chi connectivity index (χ0n) is 21.0. The smallest absolute Gasteiger partial charge is 0.261 e. The molecule has 36 heavy (non-hydrogen) atoms. The van der Waals surface area contributed by atoms with Crippen molar-refractivity contribution < 1.29 is 17.9 Å². The summed E-state index contributed by atoms with van der Waals surface area (Å²) in [6.45, 7) is 6.34. The van der Waals surface area contributed by atoms with Crippen LogP contribution in [0.4, 0.5) is 11.4 Å². The van der Waals surface area contributed by atoms with Crippen molar-refractivity contribution in [3.63, 3.8) is 0 Å². The van der Waals surface area contributed by atoms with Crippen LogP contribution in [0.25, 0.3) is 0 Å². The van der Waals surface area contributed by atoms with Crippen molar-refractivity contribution in [3.05, 3.63) is 83.4 Å². The van der Waals surface area contributed by atoms with Gasteiger partial charge in [-0.3, -0.25) is 9.52 Å². The average molecular weight is 508 g/mol. The van der Waals surface area contributed by atoms with Crippen LogP contribution in [0.2, 0.25) is 0 Å². The zero-order chi connectivity index (χ0) is 25.7. The molecule has 1 aliphatic rings. The Balaban J connectivity index is 1.47. The van der Waals surface area contributed by atoms with Gasteiger partial charge in [0.1, 0.15) is 5.75 Å². The number of nitrogens with one attached hydrogen (secondary N) is 1. The van der Waals surface area contributed by atoms with E-state index in [1.807, 2.05) is 43.3 Å². The summed E-state index contributed by atoms with van der Waals surface area (Å²) in [4.78, 5) is 17.4. The summed E-state index contributed by atoms with van der Waals surface area (Å²) < 4.78 is 34.3. The van der Waals surface area contributed by atoms with E-state index in [1.54, 1.807) is 36.3 Å². The lowest BCUT2D eigenvalue weighted by Crippen LogP contribution is -2.49. The van der Waals surface area contributed by atoms with Crippen molar-refractivity contribution >= 4 is 27.3 Å². The number of hydrogen-bond acceptors (Lipinski definition) is 5. The number of aryl methyl sites for hydroxylation is 2. The number of ether oxygens (including phenoxy) is 1. The van der Waals surface area contributed by atoms with Crippen LogP contribution in [-0.2, 0) is 16.4 Å². The lowest BCUT2D eigenvalue weighted by Gasteiger charge is -2.36. The second-order valence-corrected chi connectivity index (χ2v) is 10.7. The molecule has 0 aliphatic carbocycles. The molecule has 190 valence electrons. The summed E-state index contributed by atoms with van der Waals surface area (Å²) in [7, 11) is -2.19. The Labute approximate surface area is 213 Å². The molecular weight excluding hydrogens is 474 g/mol. The maximum atomic E-state index is 13.4. The molecule has 1 N–H and O–H groups in total. The Hall–Kier alpha value is -3.52. The molecule has 0 bridgehead atoms. The van der Waals surface area contributed by atoms with Gasteiger partial charge in [-0.2, -0.15) is 0 Å². The first-order chi connectivity index (χ1) is 17.3. The fraction of sp³-hybridized carbons (Fsp3) is 0.321. The Morgan fingerprint density at radius 3 is 2.33 bits per heavy atom. The van der Waals surface area contributed by atoms with Gasteiger partial charge in [-0.1, -0.05) is 43.7 Å². The van der Waals surface area contributed by atoms with Crippen LogP contribution in [0.1, 0.15) is 34.8 Å². The number of amides is 1. The standard InChI is InChI=1S/C28H33N3O4S/c1-4-7-22-11-13-23(14-12-22)29-36(33,34)24-15-10-21(2)25(20-24)28(32)31-18-16-30(17-19-31)26-8-5-6-9-27(26)35-3/h5-6,8-15,20,29H,4,7,16-19H2,1-3H3. The molecule has 1 fully saturated rings. The van der Waals surface area contributed by atoms with E-state index in [-0.39, 0.29) is 10.8 Å². The Morgan fingerprint density at radius 2 is 1.67 bits per heavy atom. The number of para-hydroxylation sites is 2. The average Bonchev–Trinajstić information content (AvgIpc) is 2.89. The van der Waals surface area contributed by atoms with E-state index in [9.17, 15) is 13.2 Å². The van der Waals surface area contributed by atoms with Crippen molar-refractivity contribution in [2.24, 2.45) is 0 Å². The van der Waals surface area contributed by atoms with E-state index in [1.165, 1.54) is 6.07 Å². The quantitative estimate of drug-likeness (QED) is 0.477. The molecule has 3 aromatic rings. The van der Waals surface area contributed by atoms with Crippen molar-refractivity contribution in [1.29, 1.82) is 0 Å². The van der Waals surface area contributed by atoms with Crippen LogP contribution in [0.15, 0.2) is 71.6 Å². The third-order valence-corrected chi connectivity index (χ3v) is 7.87. The maximum Gasteiger partial charge on any atom is 0.261 e. The minimum atomic E-state index is -3.84. The lowest BCUT2D eigenvalue weighted by molar-refractivity contribution is 0.0745. The minimum Gasteiger partial charge on any atom is -0.495 e. The van der Waals surface area contributed by atoms with Crippen LogP contribution in [0.3, 0.4) is 0 Å². The number of nitrogens with zero attached hydrogens (tertiary/aromatic N) is 2. The Kier molecular flexibility index (Phi) is 7.84. The van der Waals surface area contributed by atoms with Gasteiger partial charge in [0.25, 0.3) is 15.9 Å². The number of methoxy groups -OCH3 is 1. The molecule has 1 aliphatic heterocycles. The van der Waals surface area contributed by atoms with Crippen LogP contribution in [0.5, 0.6) is 5.75 Å². The van der Waals surface area contributed by atoms with Crippen LogP contribution >= 0.6 is 0 Å². The zero-order valence-corrected chi connectivity index (χ0v) is 21.8. The number of anilines is 2. The maximum absolute atomic E-state index is 13.4. The number of carbonyl (C=O) groups is 1. The third-order valence-electron chi connectivity index (χ3n) is 6.49. The lowest BCUT2D eigenvalue weighted by atomic mass is 10.1. The first kappa shape index (κ1) is 25.6. The highest BCUT2D eigenvalue weighted by atomic mass is 32.2. The van der Waals surface area contributed by atoms with Crippen molar-refractivity contribution in [3.8, 4) is 5.75 Å². The summed E-state index contributed by atoms with van der Waals surface area (Å²) in [5, 5.41) is 0. The molecule has 0 saturated carbocycles. The molecule has 0 unspecified atom stereocenters. The summed E-state index contributed by atoms with van der Waals surface area (Å²) in [5.74, 6) is 0.645. The fourth-order valence-electron chi connectivity index (χ4n) is 4.45. The second-order valence-electron chi connectivity index (χ2n) is 8.98. The molecule has 3 aromatic carbocycles. The number of hydrogen-bond donors (Lipinski definition) is 1. The number of piperazine rings is 1. The normalized spacial score (nSPS) is 14.0. The third kappa shape index (κ3) is 5.65. The van der Waals surface area contributed by atoms with Crippen LogP contribution in [-0.4, -0.2) is 52.5 Å². The number of sulfonamides is 1. The summed E-state index contributed by atoms with van der Waals surface area (Å²) >= 11 is 0. The first-order valence-electron chi connectivity index (χ1n) is 12.2. The van der Waals surface area contributed by atoms with Gasteiger partial charge in [0.15, 0.2) is 0 Å². The largest absolute Gasteiger partial charge is 0.495 e. The highest BCUT2D eigenvalue weighted by molar-refractivity contribution is 7.92. The highest BCUT2D eigenvalue weighted by Crippen LogP contribution is 2.29. The van der Waals surface area contributed by atoms with Gasteiger partial charge >= 0.3 is 0 Å². The monoisotopic (exact) mass is 507 g/mol. The second kappa shape index (κ2) is 11.0. The summed E-state index contributed by atoms with van der Waals surface area (Å²) in [6.07, 6.45) is 1.98. The Morgan fingerprint density at radius 1 is 0.972 bits per heavy atom. The van der Waals surface area contributed by atoms with Gasteiger partial charge in [0, 0.05) is 37.4 Å². The van der Waals surface area contributed by atoms with E-state index >= 15 is 0 Å². The molecule has 0 radical (unpaired) electrons. The van der Waals surface area contributed by atoms with Gasteiger partial charge in [-0.15, -0.1) is 0 Å². The van der Waals surface area contributed by atoms with Gasteiger partial charge in [-0.25, -0.2) is 8.42 Å². The topological polar surface area (TPSA) is 79.0 Å². The Bertz CT molecular complexity index is 1310. The number of rotatable bonds is 8. The molecular formula is C28H33N3O4S. The molecule has 1 saturated heterocycles. The summed E-state index contributed by atoms with van der Waals surface area (Å²) in [5.41, 5.74) is 3.81. The highest BCUT2D eigenvalue weighted by Gasteiger charge is 2.26. The molecule has 1 amide bonds. The van der Waals surface area contributed by atoms with Gasteiger partial charge in [0.2, 0.25) is 0 Å². The number of carbonyl (C=O) groups excluding carboxylic acids is 1. The van der Waals surface area contributed by atoms with Gasteiger partial charge < -0.3 is 14.5 Å². The van der Waals surface area contributed by atoms with E-state index in [2.05, 4.69) is 16.5 Å². The predicted octanol–water partition coefficient (Wildman–Crippen LogP) is 4.72. The molecule has 0 spiro atoms. The van der Waals surface area contributed by atoms with E-state index in [0.717, 1.165) is 35.4 Å². The molecule has 0 aromatic heterocycles. The van der Waals surface area contributed by atoms with Gasteiger partial charge in [-0.05, 0) is 60.9 Å².